The first-order valence-electron chi connectivity index (χ1n) is 7.25. The Morgan fingerprint density at radius 1 is 1.12 bits per heavy atom. The van der Waals surface area contributed by atoms with E-state index in [0.717, 1.165) is 4.88 Å². The van der Waals surface area contributed by atoms with Crippen LogP contribution in [0.3, 0.4) is 0 Å². The summed E-state index contributed by atoms with van der Waals surface area (Å²) in [6, 6.07) is 10.2. The Morgan fingerprint density at radius 3 is 2.42 bits per heavy atom. The lowest BCUT2D eigenvalue weighted by molar-refractivity contribution is -0.146. The molecule has 0 saturated carbocycles. The van der Waals surface area contributed by atoms with E-state index in [4.69, 9.17) is 4.74 Å². The minimum atomic E-state index is -0.445. The SMILES string of the molecule is CN(C)C(=O)c1ccc(NC(=O)COC(=O)Cc2cccs2)cc1. The molecule has 24 heavy (non-hydrogen) atoms. The Hall–Kier alpha value is -2.67. The fraction of sp³-hybridized carbons (Fsp3) is 0.235. The van der Waals surface area contributed by atoms with Crippen LogP contribution in [0.5, 0.6) is 0 Å². The van der Waals surface area contributed by atoms with Crippen LogP contribution in [0.15, 0.2) is 41.8 Å². The molecule has 1 N–H and O–H groups in total. The highest BCUT2D eigenvalue weighted by Gasteiger charge is 2.11. The molecule has 0 saturated heterocycles. The van der Waals surface area contributed by atoms with Crippen molar-refractivity contribution in [2.24, 2.45) is 0 Å². The van der Waals surface area contributed by atoms with Crippen LogP contribution in [0.4, 0.5) is 5.69 Å². The highest BCUT2D eigenvalue weighted by molar-refractivity contribution is 7.10. The van der Waals surface area contributed by atoms with E-state index >= 15 is 0 Å². The molecule has 0 aliphatic heterocycles. The standard InChI is InChI=1S/C17H18N2O4S/c1-19(2)17(22)12-5-7-13(8-6-12)18-15(20)11-23-16(21)10-14-4-3-9-24-14/h3-9H,10-11H2,1-2H3,(H,18,20). The van der Waals surface area contributed by atoms with Gasteiger partial charge in [-0.3, -0.25) is 14.4 Å². The molecule has 0 aliphatic rings. The van der Waals surface area contributed by atoms with Crippen molar-refractivity contribution in [3.63, 3.8) is 0 Å². The molecule has 7 heteroatoms. The summed E-state index contributed by atoms with van der Waals surface area (Å²) in [5, 5.41) is 4.49. The number of amides is 2. The third-order valence-electron chi connectivity index (χ3n) is 3.08. The zero-order valence-corrected chi connectivity index (χ0v) is 14.3. The molecule has 6 nitrogen and oxygen atoms in total. The minimum absolute atomic E-state index is 0.115. The van der Waals surface area contributed by atoms with Gasteiger partial charge in [0.15, 0.2) is 6.61 Å². The molecular formula is C17H18N2O4S. The molecule has 126 valence electrons. The van der Waals surface area contributed by atoms with Crippen molar-refractivity contribution in [3.05, 3.63) is 52.2 Å². The maximum atomic E-state index is 11.8. The van der Waals surface area contributed by atoms with E-state index < -0.39 is 11.9 Å². The fourth-order valence-corrected chi connectivity index (χ4v) is 2.59. The predicted molar refractivity (Wildman–Crippen MR) is 92.1 cm³/mol. The molecule has 2 rings (SSSR count). The van der Waals surface area contributed by atoms with Crippen LogP contribution in [-0.2, 0) is 20.7 Å². The van der Waals surface area contributed by atoms with Crippen LogP contribution in [-0.4, -0.2) is 43.4 Å². The number of thiophene rings is 1. The molecule has 1 aromatic heterocycles. The van der Waals surface area contributed by atoms with Gasteiger partial charge in [0.25, 0.3) is 11.8 Å². The van der Waals surface area contributed by atoms with Crippen molar-refractivity contribution < 1.29 is 19.1 Å². The maximum absolute atomic E-state index is 11.8. The van der Waals surface area contributed by atoms with Crippen LogP contribution in [0.2, 0.25) is 0 Å². The summed E-state index contributed by atoms with van der Waals surface area (Å²) in [5.74, 6) is -0.990. The second kappa shape index (κ2) is 8.26. The summed E-state index contributed by atoms with van der Waals surface area (Å²) in [6.07, 6.45) is 0.159. The number of ether oxygens (including phenoxy) is 1. The molecule has 0 aliphatic carbocycles. The lowest BCUT2D eigenvalue weighted by Gasteiger charge is -2.11. The maximum Gasteiger partial charge on any atom is 0.311 e. The summed E-state index contributed by atoms with van der Waals surface area (Å²) in [7, 11) is 3.34. The average Bonchev–Trinajstić information content (AvgIpc) is 3.06. The second-order valence-electron chi connectivity index (χ2n) is 5.24. The summed E-state index contributed by atoms with van der Waals surface area (Å²) >= 11 is 1.46. The number of benzene rings is 1. The number of hydrogen-bond acceptors (Lipinski definition) is 5. The number of anilines is 1. The van der Waals surface area contributed by atoms with Crippen molar-refractivity contribution in [3.8, 4) is 0 Å². The number of rotatable bonds is 6. The minimum Gasteiger partial charge on any atom is -0.455 e. The third-order valence-corrected chi connectivity index (χ3v) is 3.96. The lowest BCUT2D eigenvalue weighted by Crippen LogP contribution is -2.22. The summed E-state index contributed by atoms with van der Waals surface area (Å²) in [5.41, 5.74) is 1.06. The Kier molecular flexibility index (Phi) is 6.08. The van der Waals surface area contributed by atoms with Crippen LogP contribution >= 0.6 is 11.3 Å². The van der Waals surface area contributed by atoms with E-state index in [1.54, 1.807) is 38.4 Å². The Balaban J connectivity index is 1.79. The van der Waals surface area contributed by atoms with Gasteiger partial charge in [0, 0.05) is 30.2 Å². The van der Waals surface area contributed by atoms with Gasteiger partial charge in [-0.2, -0.15) is 0 Å². The topological polar surface area (TPSA) is 75.7 Å². The lowest BCUT2D eigenvalue weighted by atomic mass is 10.2. The van der Waals surface area contributed by atoms with Crippen molar-refractivity contribution in [1.29, 1.82) is 0 Å². The normalized spacial score (nSPS) is 10.1. The van der Waals surface area contributed by atoms with Crippen molar-refractivity contribution in [2.45, 2.75) is 6.42 Å². The van der Waals surface area contributed by atoms with Crippen molar-refractivity contribution in [1.82, 2.24) is 4.90 Å². The molecule has 2 aromatic rings. The molecule has 0 fully saturated rings. The molecule has 0 unspecified atom stereocenters. The fourth-order valence-electron chi connectivity index (χ4n) is 1.90. The number of esters is 1. The first-order chi connectivity index (χ1) is 11.5. The first-order valence-corrected chi connectivity index (χ1v) is 8.13. The number of nitrogens with one attached hydrogen (secondary N) is 1. The van der Waals surface area contributed by atoms with Gasteiger partial charge >= 0.3 is 5.97 Å². The Labute approximate surface area is 144 Å². The molecule has 0 bridgehead atoms. The number of hydrogen-bond donors (Lipinski definition) is 1. The number of carbonyl (C=O) groups excluding carboxylic acids is 3. The summed E-state index contributed by atoms with van der Waals surface area (Å²) in [6.45, 7) is -0.345. The zero-order valence-electron chi connectivity index (χ0n) is 13.4. The van der Waals surface area contributed by atoms with Gasteiger partial charge in [-0.1, -0.05) is 6.07 Å². The van der Waals surface area contributed by atoms with Crippen molar-refractivity contribution in [2.75, 3.05) is 26.0 Å². The number of nitrogens with zero attached hydrogens (tertiary/aromatic N) is 1. The van der Waals surface area contributed by atoms with E-state index in [-0.39, 0.29) is 18.9 Å². The number of carbonyl (C=O) groups is 3. The van der Waals surface area contributed by atoms with E-state index in [0.29, 0.717) is 11.3 Å². The molecular weight excluding hydrogens is 328 g/mol. The van der Waals surface area contributed by atoms with E-state index in [1.165, 1.54) is 16.2 Å². The Bertz CT molecular complexity index is 709. The van der Waals surface area contributed by atoms with Gasteiger partial charge in [0.2, 0.25) is 0 Å². The van der Waals surface area contributed by atoms with Crippen LogP contribution in [0.25, 0.3) is 0 Å². The first kappa shape index (κ1) is 17.7. The van der Waals surface area contributed by atoms with Gasteiger partial charge in [-0.05, 0) is 35.7 Å². The van der Waals surface area contributed by atoms with Crippen LogP contribution < -0.4 is 5.32 Å². The molecule has 0 spiro atoms. The average molecular weight is 346 g/mol. The van der Waals surface area contributed by atoms with Gasteiger partial charge in [0.05, 0.1) is 6.42 Å². The highest BCUT2D eigenvalue weighted by Crippen LogP contribution is 2.11. The predicted octanol–water partition coefficient (Wildman–Crippen LogP) is 2.17. The van der Waals surface area contributed by atoms with Crippen molar-refractivity contribution >= 4 is 34.8 Å². The third kappa shape index (κ3) is 5.20. The largest absolute Gasteiger partial charge is 0.455 e. The smallest absolute Gasteiger partial charge is 0.311 e. The van der Waals surface area contributed by atoms with Gasteiger partial charge < -0.3 is 15.0 Å². The van der Waals surface area contributed by atoms with Gasteiger partial charge in [-0.25, -0.2) is 0 Å². The molecule has 0 radical (unpaired) electrons. The highest BCUT2D eigenvalue weighted by atomic mass is 32.1. The van der Waals surface area contributed by atoms with E-state index in [1.807, 2.05) is 17.5 Å². The zero-order chi connectivity index (χ0) is 17.5. The molecule has 1 heterocycles. The molecule has 0 atom stereocenters. The summed E-state index contributed by atoms with van der Waals surface area (Å²) < 4.78 is 4.94. The van der Waals surface area contributed by atoms with Gasteiger partial charge in [0.1, 0.15) is 0 Å². The summed E-state index contributed by atoms with van der Waals surface area (Å²) in [4.78, 5) is 37.5. The molecule has 1 aromatic carbocycles. The molecule has 2 amide bonds. The monoisotopic (exact) mass is 346 g/mol. The van der Waals surface area contributed by atoms with E-state index in [9.17, 15) is 14.4 Å². The quantitative estimate of drug-likeness (QED) is 0.814. The van der Waals surface area contributed by atoms with Gasteiger partial charge in [-0.15, -0.1) is 11.3 Å². The van der Waals surface area contributed by atoms with Crippen LogP contribution in [0.1, 0.15) is 15.2 Å². The van der Waals surface area contributed by atoms with Crippen LogP contribution in [0, 0.1) is 0 Å². The van der Waals surface area contributed by atoms with E-state index in [2.05, 4.69) is 5.32 Å². The second-order valence-corrected chi connectivity index (χ2v) is 6.27. The Morgan fingerprint density at radius 2 is 1.83 bits per heavy atom.